The largest absolute Gasteiger partial charge is 0.495 e. The van der Waals surface area contributed by atoms with Crippen LogP contribution in [-0.2, 0) is 18.3 Å². The predicted molar refractivity (Wildman–Crippen MR) is 115 cm³/mol. The summed E-state index contributed by atoms with van der Waals surface area (Å²) in [5.41, 5.74) is 1.63. The highest BCUT2D eigenvalue weighted by molar-refractivity contribution is 6.33. The second-order valence-electron chi connectivity index (χ2n) is 7.17. The minimum absolute atomic E-state index is 0.0743. The standard InChI is InChI=1S/C20H23ClFN7O2/c1-27(7-8-30-3)10-14-24-20(26-25-14)19-18(29-6-5-23-11-29)12-9-13(31-4)15(21)16(22)17(12)28(19)2/h5-6,9,11H,7-8,10H2,1-4H3,(H,24,25,26). The van der Waals surface area contributed by atoms with Gasteiger partial charge >= 0.3 is 0 Å². The molecule has 0 aliphatic carbocycles. The molecule has 0 atom stereocenters. The maximum absolute atomic E-state index is 15.2. The number of benzene rings is 1. The van der Waals surface area contributed by atoms with Crippen molar-refractivity contribution in [3.63, 3.8) is 0 Å². The van der Waals surface area contributed by atoms with Gasteiger partial charge in [-0.15, -0.1) is 0 Å². The van der Waals surface area contributed by atoms with Gasteiger partial charge in [0, 0.05) is 38.5 Å². The number of hydrogen-bond donors (Lipinski definition) is 1. The van der Waals surface area contributed by atoms with Gasteiger partial charge in [0.05, 0.1) is 37.8 Å². The Labute approximate surface area is 183 Å². The summed E-state index contributed by atoms with van der Waals surface area (Å²) in [6, 6.07) is 1.71. The maximum atomic E-state index is 15.2. The second-order valence-corrected chi connectivity index (χ2v) is 7.54. The molecule has 4 rings (SSSR count). The molecule has 0 amide bonds. The Morgan fingerprint density at radius 2 is 2.13 bits per heavy atom. The van der Waals surface area contributed by atoms with Crippen molar-refractivity contribution >= 4 is 22.5 Å². The monoisotopic (exact) mass is 447 g/mol. The molecule has 0 radical (unpaired) electrons. The Kier molecular flexibility index (Phi) is 5.94. The number of imidazole rings is 1. The lowest BCUT2D eigenvalue weighted by Gasteiger charge is -2.13. The Hall–Kier alpha value is -2.95. The molecule has 164 valence electrons. The minimum Gasteiger partial charge on any atom is -0.495 e. The summed E-state index contributed by atoms with van der Waals surface area (Å²) in [4.78, 5) is 10.9. The first-order valence-electron chi connectivity index (χ1n) is 9.58. The SMILES string of the molecule is COCCN(C)Cc1nc(-c2c(-n3ccnc3)c3cc(OC)c(Cl)c(F)c3n2C)n[nH]1. The third-order valence-corrected chi connectivity index (χ3v) is 5.47. The number of H-pyrrole nitrogens is 1. The molecule has 1 N–H and O–H groups in total. The van der Waals surface area contributed by atoms with Crippen molar-refractivity contribution in [1.29, 1.82) is 0 Å². The van der Waals surface area contributed by atoms with Crippen molar-refractivity contribution < 1.29 is 13.9 Å². The third-order valence-electron chi connectivity index (χ3n) is 5.12. The molecule has 31 heavy (non-hydrogen) atoms. The lowest BCUT2D eigenvalue weighted by molar-refractivity contribution is 0.157. The lowest BCUT2D eigenvalue weighted by Crippen LogP contribution is -2.22. The van der Waals surface area contributed by atoms with E-state index in [2.05, 4.69) is 25.1 Å². The van der Waals surface area contributed by atoms with Crippen LogP contribution in [0.4, 0.5) is 4.39 Å². The van der Waals surface area contributed by atoms with E-state index >= 15 is 4.39 Å². The van der Waals surface area contributed by atoms with Gasteiger partial charge in [-0.2, -0.15) is 5.10 Å². The summed E-state index contributed by atoms with van der Waals surface area (Å²) < 4.78 is 29.1. The maximum Gasteiger partial charge on any atom is 0.200 e. The van der Waals surface area contributed by atoms with Crippen LogP contribution in [0.5, 0.6) is 5.75 Å². The number of hydrogen-bond acceptors (Lipinski definition) is 6. The first-order valence-corrected chi connectivity index (χ1v) is 9.95. The molecule has 0 saturated carbocycles. The number of nitrogens with one attached hydrogen (secondary N) is 1. The molecule has 0 spiro atoms. The van der Waals surface area contributed by atoms with Crippen molar-refractivity contribution in [2.45, 2.75) is 6.54 Å². The van der Waals surface area contributed by atoms with Crippen LogP contribution in [0.25, 0.3) is 28.1 Å². The second kappa shape index (κ2) is 8.66. The first kappa shape index (κ1) is 21.3. The van der Waals surface area contributed by atoms with Crippen LogP contribution in [0.3, 0.4) is 0 Å². The van der Waals surface area contributed by atoms with Crippen LogP contribution in [-0.4, -0.2) is 68.6 Å². The van der Waals surface area contributed by atoms with E-state index in [1.165, 1.54) is 7.11 Å². The van der Waals surface area contributed by atoms with Gasteiger partial charge in [0.15, 0.2) is 11.6 Å². The summed E-state index contributed by atoms with van der Waals surface area (Å²) >= 11 is 6.19. The number of ether oxygens (including phenoxy) is 2. The molecule has 0 unspecified atom stereocenters. The van der Waals surface area contributed by atoms with E-state index in [-0.39, 0.29) is 10.8 Å². The molecule has 4 aromatic rings. The van der Waals surface area contributed by atoms with Gasteiger partial charge in [-0.1, -0.05) is 11.6 Å². The van der Waals surface area contributed by atoms with Gasteiger partial charge < -0.3 is 18.6 Å². The molecule has 9 nitrogen and oxygen atoms in total. The average Bonchev–Trinajstić information content (AvgIpc) is 3.48. The topological polar surface area (TPSA) is 86.0 Å². The molecule has 0 aliphatic heterocycles. The smallest absolute Gasteiger partial charge is 0.200 e. The molecule has 0 aliphatic rings. The van der Waals surface area contributed by atoms with E-state index in [9.17, 15) is 0 Å². The van der Waals surface area contributed by atoms with Gasteiger partial charge in [-0.25, -0.2) is 14.4 Å². The predicted octanol–water partition coefficient (Wildman–Crippen LogP) is 3.03. The van der Waals surface area contributed by atoms with E-state index in [1.807, 2.05) is 7.05 Å². The van der Waals surface area contributed by atoms with E-state index in [1.54, 1.807) is 48.1 Å². The fourth-order valence-electron chi connectivity index (χ4n) is 3.61. The number of aromatic amines is 1. The number of methoxy groups -OCH3 is 2. The van der Waals surface area contributed by atoms with Gasteiger partial charge in [0.25, 0.3) is 0 Å². The van der Waals surface area contributed by atoms with Crippen molar-refractivity contribution in [3.05, 3.63) is 41.5 Å². The van der Waals surface area contributed by atoms with Crippen LogP contribution >= 0.6 is 11.6 Å². The van der Waals surface area contributed by atoms with Gasteiger partial charge in [0.1, 0.15) is 22.3 Å². The summed E-state index contributed by atoms with van der Waals surface area (Å²) in [5.74, 6) is 0.806. The van der Waals surface area contributed by atoms with Crippen molar-refractivity contribution in [2.24, 2.45) is 7.05 Å². The molecule has 1 aromatic carbocycles. The first-order chi connectivity index (χ1) is 15.0. The van der Waals surface area contributed by atoms with Crippen LogP contribution in [0.1, 0.15) is 5.82 Å². The van der Waals surface area contributed by atoms with Crippen molar-refractivity contribution in [2.75, 3.05) is 34.4 Å². The van der Waals surface area contributed by atoms with Gasteiger partial charge in [0.2, 0.25) is 0 Å². The third kappa shape index (κ3) is 3.78. The number of likely N-dealkylation sites (N-methyl/N-ethyl adjacent to an activating group) is 1. The zero-order valence-electron chi connectivity index (χ0n) is 17.7. The molecular formula is C20H23ClFN7O2. The highest BCUT2D eigenvalue weighted by Crippen LogP contribution is 2.41. The Morgan fingerprint density at radius 3 is 2.81 bits per heavy atom. The number of rotatable bonds is 8. The lowest BCUT2D eigenvalue weighted by atomic mass is 10.2. The molecule has 0 saturated heterocycles. The molecule has 0 bridgehead atoms. The fourth-order valence-corrected chi connectivity index (χ4v) is 3.83. The number of nitrogens with zero attached hydrogens (tertiary/aromatic N) is 6. The highest BCUT2D eigenvalue weighted by Gasteiger charge is 2.26. The summed E-state index contributed by atoms with van der Waals surface area (Å²) in [6.45, 7) is 1.94. The summed E-state index contributed by atoms with van der Waals surface area (Å²) in [6.07, 6.45) is 5.08. The van der Waals surface area contributed by atoms with E-state index in [4.69, 9.17) is 21.1 Å². The van der Waals surface area contributed by atoms with Crippen molar-refractivity contribution in [3.8, 4) is 23.0 Å². The minimum atomic E-state index is -0.568. The van der Waals surface area contributed by atoms with Crippen LogP contribution in [0.2, 0.25) is 5.02 Å². The highest BCUT2D eigenvalue weighted by atomic mass is 35.5. The van der Waals surface area contributed by atoms with E-state index < -0.39 is 5.82 Å². The Morgan fingerprint density at radius 1 is 1.32 bits per heavy atom. The molecule has 0 fully saturated rings. The van der Waals surface area contributed by atoms with Crippen LogP contribution < -0.4 is 4.74 Å². The van der Waals surface area contributed by atoms with Crippen LogP contribution in [0, 0.1) is 5.82 Å². The van der Waals surface area contributed by atoms with Gasteiger partial charge in [-0.3, -0.25) is 10.00 Å². The van der Waals surface area contributed by atoms with E-state index in [0.29, 0.717) is 47.1 Å². The fraction of sp³-hybridized carbons (Fsp3) is 0.350. The van der Waals surface area contributed by atoms with Crippen LogP contribution in [0.15, 0.2) is 24.8 Å². The normalized spacial score (nSPS) is 11.7. The summed E-state index contributed by atoms with van der Waals surface area (Å²) in [7, 11) is 6.84. The van der Waals surface area contributed by atoms with E-state index in [0.717, 1.165) is 6.54 Å². The number of halogens is 2. The number of fused-ring (bicyclic) bond motifs is 1. The Bertz CT molecular complexity index is 1200. The quantitative estimate of drug-likeness (QED) is 0.447. The van der Waals surface area contributed by atoms with Gasteiger partial charge in [-0.05, 0) is 13.1 Å². The van der Waals surface area contributed by atoms with Crippen molar-refractivity contribution in [1.82, 2.24) is 34.2 Å². The molecule has 3 aromatic heterocycles. The average molecular weight is 448 g/mol. The zero-order valence-corrected chi connectivity index (χ0v) is 18.4. The number of aromatic nitrogens is 6. The molecule has 11 heteroatoms. The summed E-state index contributed by atoms with van der Waals surface area (Å²) in [5, 5.41) is 7.92. The molecular weight excluding hydrogens is 425 g/mol. The molecule has 3 heterocycles. The Balaban J connectivity index is 1.88. The zero-order chi connectivity index (χ0) is 22.1. The number of aryl methyl sites for hydroxylation is 1.